The molecule has 0 amide bonds. The van der Waals surface area contributed by atoms with Crippen LogP contribution in [0.2, 0.25) is 0 Å². The molecule has 94 valence electrons. The molecule has 0 unspecified atom stereocenters. The predicted molar refractivity (Wildman–Crippen MR) is 73.9 cm³/mol. The highest BCUT2D eigenvalue weighted by molar-refractivity contribution is 5.95. The van der Waals surface area contributed by atoms with Crippen molar-refractivity contribution in [1.29, 1.82) is 5.41 Å². The van der Waals surface area contributed by atoms with Gasteiger partial charge in [-0.1, -0.05) is 20.8 Å². The lowest BCUT2D eigenvalue weighted by Crippen LogP contribution is -2.06. The maximum absolute atomic E-state index is 6.73. The highest BCUT2D eigenvalue weighted by Gasteiger charge is 1.88. The minimum Gasteiger partial charge on any atom is -0.384 e. The van der Waals surface area contributed by atoms with Gasteiger partial charge in [0.25, 0.3) is 0 Å². The number of allylic oxidation sites excluding steroid dienone is 1. The summed E-state index contributed by atoms with van der Waals surface area (Å²) in [5.74, 6) is 1.58. The van der Waals surface area contributed by atoms with Crippen molar-refractivity contribution in [3.05, 3.63) is 30.7 Å². The topological polar surface area (TPSA) is 88.0 Å². The summed E-state index contributed by atoms with van der Waals surface area (Å²) in [6.07, 6.45) is 8.72. The molecule has 0 fully saturated rings. The molecule has 5 nitrogen and oxygen atoms in total. The molecule has 1 heterocycles. The van der Waals surface area contributed by atoms with Crippen LogP contribution in [0.3, 0.4) is 0 Å². The van der Waals surface area contributed by atoms with Crippen molar-refractivity contribution in [2.45, 2.75) is 20.8 Å². The van der Waals surface area contributed by atoms with Gasteiger partial charge in [0.15, 0.2) is 5.82 Å². The Morgan fingerprint density at radius 2 is 2.12 bits per heavy atom. The van der Waals surface area contributed by atoms with E-state index in [9.17, 15) is 0 Å². The van der Waals surface area contributed by atoms with Crippen LogP contribution >= 0.6 is 0 Å². The normalized spacial score (nSPS) is 11.2. The van der Waals surface area contributed by atoms with Crippen molar-refractivity contribution in [2.75, 3.05) is 0 Å². The van der Waals surface area contributed by atoms with Gasteiger partial charge >= 0.3 is 0 Å². The van der Waals surface area contributed by atoms with E-state index >= 15 is 0 Å². The molecule has 0 aromatic carbocycles. The van der Waals surface area contributed by atoms with Gasteiger partial charge in [-0.25, -0.2) is 9.98 Å². The van der Waals surface area contributed by atoms with Crippen LogP contribution in [-0.4, -0.2) is 22.0 Å². The summed E-state index contributed by atoms with van der Waals surface area (Å²) < 4.78 is 0. The highest BCUT2D eigenvalue weighted by Crippen LogP contribution is 2.01. The lowest BCUT2D eigenvalue weighted by molar-refractivity contribution is 0.737. The summed E-state index contributed by atoms with van der Waals surface area (Å²) in [7, 11) is 0. The Balaban J connectivity index is 0. The quantitative estimate of drug-likeness (QED) is 0.623. The summed E-state index contributed by atoms with van der Waals surface area (Å²) in [5, 5.41) is 6.73. The lowest BCUT2D eigenvalue weighted by atomic mass is 10.3. The molecule has 1 aromatic heterocycles. The standard InChI is InChI=1S/C8H9N5.C4H10.H2/c9-3-1-2-7(10)13-8-6-11-4-5-12-8;1-4(2)3;/h1-6,9H,(H2,10,12,13);4H,1-3H3;1H/b2-1-,9-3?;;. The number of aromatic nitrogens is 2. The van der Waals surface area contributed by atoms with Gasteiger partial charge in [0.2, 0.25) is 0 Å². The van der Waals surface area contributed by atoms with E-state index in [0.29, 0.717) is 11.7 Å². The summed E-state index contributed by atoms with van der Waals surface area (Å²) >= 11 is 0. The van der Waals surface area contributed by atoms with Crippen LogP contribution in [-0.2, 0) is 0 Å². The summed E-state index contributed by atoms with van der Waals surface area (Å²) in [5.41, 5.74) is 5.48. The summed E-state index contributed by atoms with van der Waals surface area (Å²) in [6, 6.07) is 0. The summed E-state index contributed by atoms with van der Waals surface area (Å²) in [6.45, 7) is 6.50. The Bertz CT molecular complexity index is 371. The monoisotopic (exact) mass is 235 g/mol. The van der Waals surface area contributed by atoms with E-state index in [4.69, 9.17) is 11.1 Å². The second-order valence-corrected chi connectivity index (χ2v) is 3.86. The third kappa shape index (κ3) is 10.2. The first-order chi connectivity index (χ1) is 8.06. The molecule has 3 N–H and O–H groups in total. The van der Waals surface area contributed by atoms with E-state index in [-0.39, 0.29) is 1.43 Å². The molecule has 1 rings (SSSR count). The average molecular weight is 235 g/mol. The minimum absolute atomic E-state index is 0. The Morgan fingerprint density at radius 1 is 1.47 bits per heavy atom. The Kier molecular flexibility index (Phi) is 8.10. The third-order valence-electron chi connectivity index (χ3n) is 1.16. The van der Waals surface area contributed by atoms with Gasteiger partial charge in [-0.3, -0.25) is 4.98 Å². The van der Waals surface area contributed by atoms with Gasteiger partial charge in [-0.15, -0.1) is 0 Å². The first-order valence-electron chi connectivity index (χ1n) is 5.33. The van der Waals surface area contributed by atoms with Crippen LogP contribution in [0, 0.1) is 11.3 Å². The van der Waals surface area contributed by atoms with E-state index < -0.39 is 0 Å². The number of nitrogens with two attached hydrogens (primary N) is 1. The molecular weight excluding hydrogens is 214 g/mol. The van der Waals surface area contributed by atoms with Crippen molar-refractivity contribution in [3.63, 3.8) is 0 Å². The second kappa shape index (κ2) is 9.21. The van der Waals surface area contributed by atoms with E-state index in [1.165, 1.54) is 24.5 Å². The first kappa shape index (κ1) is 15.0. The molecule has 17 heavy (non-hydrogen) atoms. The van der Waals surface area contributed by atoms with Crippen molar-refractivity contribution in [2.24, 2.45) is 16.6 Å². The van der Waals surface area contributed by atoms with Gasteiger partial charge in [0.1, 0.15) is 5.84 Å². The smallest absolute Gasteiger partial charge is 0.172 e. The zero-order chi connectivity index (χ0) is 13.1. The first-order valence-corrected chi connectivity index (χ1v) is 5.33. The fraction of sp³-hybridized carbons (Fsp3) is 0.333. The zero-order valence-corrected chi connectivity index (χ0v) is 10.5. The van der Waals surface area contributed by atoms with E-state index in [0.717, 1.165) is 12.1 Å². The highest BCUT2D eigenvalue weighted by atomic mass is 15.0. The van der Waals surface area contributed by atoms with Gasteiger partial charge in [0.05, 0.1) is 6.20 Å². The number of rotatable bonds is 3. The maximum atomic E-state index is 6.73. The number of hydrogen-bond acceptors (Lipinski definition) is 4. The van der Waals surface area contributed by atoms with Crippen molar-refractivity contribution in [1.82, 2.24) is 9.97 Å². The van der Waals surface area contributed by atoms with Gasteiger partial charge < -0.3 is 11.1 Å². The van der Waals surface area contributed by atoms with Gasteiger partial charge in [-0.05, 0) is 18.1 Å². The molecule has 0 saturated carbocycles. The molecule has 5 heteroatoms. The molecular formula is C12H21N5. The fourth-order valence-electron chi connectivity index (χ4n) is 0.665. The van der Waals surface area contributed by atoms with Gasteiger partial charge in [0, 0.05) is 20.0 Å². The number of hydrogen-bond donors (Lipinski definition) is 2. The SMILES string of the molecule is CC(C)C.N=C/C=C\C(N)=Nc1cnccn1.[HH]. The van der Waals surface area contributed by atoms with E-state index in [1.54, 1.807) is 6.20 Å². The Hall–Kier alpha value is -2.04. The van der Waals surface area contributed by atoms with Crippen molar-refractivity contribution >= 4 is 17.9 Å². The van der Waals surface area contributed by atoms with Crippen LogP contribution in [0.5, 0.6) is 0 Å². The number of nitrogens with zero attached hydrogens (tertiary/aromatic N) is 3. The van der Waals surface area contributed by atoms with Crippen molar-refractivity contribution in [3.8, 4) is 0 Å². The maximum Gasteiger partial charge on any atom is 0.172 e. The van der Waals surface area contributed by atoms with Crippen LogP contribution in [0.1, 0.15) is 22.2 Å². The molecule has 0 radical (unpaired) electrons. The number of amidine groups is 1. The molecule has 0 spiro atoms. The molecule has 1 aromatic rings. The second-order valence-electron chi connectivity index (χ2n) is 3.86. The van der Waals surface area contributed by atoms with Crippen LogP contribution in [0.25, 0.3) is 0 Å². The minimum atomic E-state index is 0. The van der Waals surface area contributed by atoms with Crippen LogP contribution in [0.15, 0.2) is 35.7 Å². The largest absolute Gasteiger partial charge is 0.384 e. The Labute approximate surface area is 104 Å². The average Bonchev–Trinajstić information content (AvgIpc) is 2.27. The number of aliphatic imine (C=N–C) groups is 1. The van der Waals surface area contributed by atoms with Crippen molar-refractivity contribution < 1.29 is 1.43 Å². The fourth-order valence-corrected chi connectivity index (χ4v) is 0.665. The zero-order valence-electron chi connectivity index (χ0n) is 10.5. The van der Waals surface area contributed by atoms with E-state index in [1.807, 2.05) is 0 Å². The lowest BCUT2D eigenvalue weighted by Gasteiger charge is -1.91. The third-order valence-corrected chi connectivity index (χ3v) is 1.16. The van der Waals surface area contributed by atoms with Crippen LogP contribution in [0.4, 0.5) is 5.82 Å². The van der Waals surface area contributed by atoms with Crippen LogP contribution < -0.4 is 5.73 Å². The predicted octanol–water partition coefficient (Wildman–Crippen LogP) is 2.58. The molecule has 0 atom stereocenters. The molecule has 0 aliphatic heterocycles. The molecule has 0 saturated heterocycles. The summed E-state index contributed by atoms with van der Waals surface area (Å²) in [4.78, 5) is 11.7. The van der Waals surface area contributed by atoms with E-state index in [2.05, 4.69) is 35.7 Å². The molecule has 0 aliphatic carbocycles. The molecule has 0 aliphatic rings. The van der Waals surface area contributed by atoms with Gasteiger partial charge in [-0.2, -0.15) is 0 Å². The molecule has 0 bridgehead atoms. The number of nitrogens with one attached hydrogen (secondary N) is 1. The Morgan fingerprint density at radius 3 is 2.59 bits per heavy atom.